The summed E-state index contributed by atoms with van der Waals surface area (Å²) in [6.45, 7) is 1.91. The van der Waals surface area contributed by atoms with Gasteiger partial charge in [-0.15, -0.1) is 0 Å². The largest absolute Gasteiger partial charge is 0.399 e. The van der Waals surface area contributed by atoms with Gasteiger partial charge in [0, 0.05) is 5.69 Å². The summed E-state index contributed by atoms with van der Waals surface area (Å²) in [7, 11) is -3.36. The molecule has 5 heteroatoms. The van der Waals surface area contributed by atoms with Crippen molar-refractivity contribution < 1.29 is 12.8 Å². The zero-order valence-electron chi connectivity index (χ0n) is 11.1. The number of anilines is 1. The van der Waals surface area contributed by atoms with Gasteiger partial charge in [-0.25, -0.2) is 12.8 Å². The molecule has 0 unspecified atom stereocenters. The lowest BCUT2D eigenvalue weighted by molar-refractivity contribution is 0.594. The van der Waals surface area contributed by atoms with Gasteiger partial charge in [-0.05, 0) is 36.2 Å². The highest BCUT2D eigenvalue weighted by molar-refractivity contribution is 7.89. The molecule has 0 aliphatic heterocycles. The van der Waals surface area contributed by atoms with Crippen LogP contribution in [0.1, 0.15) is 16.7 Å². The lowest BCUT2D eigenvalue weighted by Gasteiger charge is -2.07. The summed E-state index contributed by atoms with van der Waals surface area (Å²) in [6.07, 6.45) is 0. The quantitative estimate of drug-likeness (QED) is 0.882. The monoisotopic (exact) mass is 293 g/mol. The van der Waals surface area contributed by atoms with E-state index in [0.717, 1.165) is 17.2 Å². The van der Waals surface area contributed by atoms with Gasteiger partial charge in [0.25, 0.3) is 0 Å². The van der Waals surface area contributed by atoms with Gasteiger partial charge < -0.3 is 5.73 Å². The van der Waals surface area contributed by atoms with Crippen LogP contribution >= 0.6 is 0 Å². The molecule has 0 amide bonds. The first kappa shape index (κ1) is 14.5. The fourth-order valence-electron chi connectivity index (χ4n) is 2.12. The Hall–Kier alpha value is -1.88. The fourth-order valence-corrected chi connectivity index (χ4v) is 3.58. The maximum atomic E-state index is 13.2. The van der Waals surface area contributed by atoms with E-state index in [-0.39, 0.29) is 17.2 Å². The molecule has 0 aliphatic carbocycles. The molecule has 0 saturated carbocycles. The molecular formula is C15H16FNO2S. The molecule has 0 aromatic heterocycles. The SMILES string of the molecule is Cc1cccc(CS(=O)(=O)Cc2cc(N)cc(F)c2)c1. The Morgan fingerprint density at radius 1 is 1.05 bits per heavy atom. The zero-order chi connectivity index (χ0) is 14.8. The molecule has 2 N–H and O–H groups in total. The maximum Gasteiger partial charge on any atom is 0.158 e. The third-order valence-corrected chi connectivity index (χ3v) is 4.38. The summed E-state index contributed by atoms with van der Waals surface area (Å²) in [5.41, 5.74) is 7.85. The summed E-state index contributed by atoms with van der Waals surface area (Å²) < 4.78 is 37.5. The Morgan fingerprint density at radius 2 is 1.75 bits per heavy atom. The van der Waals surface area contributed by atoms with Crippen LogP contribution in [0.25, 0.3) is 0 Å². The van der Waals surface area contributed by atoms with Gasteiger partial charge in [-0.1, -0.05) is 29.8 Å². The Morgan fingerprint density at radius 3 is 2.40 bits per heavy atom. The fraction of sp³-hybridized carbons (Fsp3) is 0.200. The van der Waals surface area contributed by atoms with Crippen LogP contribution in [0.15, 0.2) is 42.5 Å². The summed E-state index contributed by atoms with van der Waals surface area (Å²) in [6, 6.07) is 11.2. The zero-order valence-corrected chi connectivity index (χ0v) is 12.0. The minimum Gasteiger partial charge on any atom is -0.399 e. The molecule has 0 bridgehead atoms. The first-order valence-electron chi connectivity index (χ1n) is 6.15. The lowest BCUT2D eigenvalue weighted by Crippen LogP contribution is -2.08. The first-order valence-corrected chi connectivity index (χ1v) is 7.97. The molecule has 2 aromatic carbocycles. The average molecular weight is 293 g/mol. The standard InChI is InChI=1S/C15H16FNO2S/c1-11-3-2-4-12(5-11)9-20(18,19)10-13-6-14(16)8-15(17)7-13/h2-8H,9-10,17H2,1H3. The second-order valence-electron chi connectivity index (χ2n) is 4.91. The predicted octanol–water partition coefficient (Wildman–Crippen LogP) is 2.83. The summed E-state index contributed by atoms with van der Waals surface area (Å²) in [5, 5.41) is 0. The summed E-state index contributed by atoms with van der Waals surface area (Å²) >= 11 is 0. The highest BCUT2D eigenvalue weighted by atomic mass is 32.2. The number of halogens is 1. The molecule has 0 aliphatic rings. The van der Waals surface area contributed by atoms with Crippen molar-refractivity contribution in [2.45, 2.75) is 18.4 Å². The van der Waals surface area contributed by atoms with Crippen molar-refractivity contribution in [2.24, 2.45) is 0 Å². The van der Waals surface area contributed by atoms with Crippen LogP contribution in [0.2, 0.25) is 0 Å². The molecule has 0 spiro atoms. The molecule has 0 radical (unpaired) electrons. The normalized spacial score (nSPS) is 11.5. The lowest BCUT2D eigenvalue weighted by atomic mass is 10.2. The van der Waals surface area contributed by atoms with Crippen molar-refractivity contribution in [3.05, 3.63) is 65.0 Å². The average Bonchev–Trinajstić information content (AvgIpc) is 2.25. The van der Waals surface area contributed by atoms with Crippen LogP contribution < -0.4 is 5.73 Å². The van der Waals surface area contributed by atoms with Gasteiger partial charge in [-0.3, -0.25) is 0 Å². The van der Waals surface area contributed by atoms with Crippen molar-refractivity contribution in [1.29, 1.82) is 0 Å². The van der Waals surface area contributed by atoms with Crippen molar-refractivity contribution in [2.75, 3.05) is 5.73 Å². The molecule has 3 nitrogen and oxygen atoms in total. The third kappa shape index (κ3) is 4.06. The Labute approximate surface area is 118 Å². The second kappa shape index (κ2) is 5.63. The number of hydrogen-bond donors (Lipinski definition) is 1. The molecule has 2 aromatic rings. The highest BCUT2D eigenvalue weighted by Crippen LogP contribution is 2.17. The minimum absolute atomic E-state index is 0.0644. The van der Waals surface area contributed by atoms with Gasteiger partial charge in [0.2, 0.25) is 0 Å². The smallest absolute Gasteiger partial charge is 0.158 e. The van der Waals surface area contributed by atoms with Crippen LogP contribution in [-0.4, -0.2) is 8.42 Å². The Bertz CT molecular complexity index is 706. The van der Waals surface area contributed by atoms with E-state index in [4.69, 9.17) is 5.73 Å². The molecule has 20 heavy (non-hydrogen) atoms. The number of hydrogen-bond acceptors (Lipinski definition) is 3. The van der Waals surface area contributed by atoms with E-state index < -0.39 is 15.7 Å². The van der Waals surface area contributed by atoms with E-state index >= 15 is 0 Å². The van der Waals surface area contributed by atoms with Crippen molar-refractivity contribution in [3.8, 4) is 0 Å². The van der Waals surface area contributed by atoms with Gasteiger partial charge in [0.1, 0.15) is 5.82 Å². The molecule has 0 saturated heterocycles. The number of nitrogens with two attached hydrogens (primary N) is 1. The molecule has 0 fully saturated rings. The van der Waals surface area contributed by atoms with E-state index in [2.05, 4.69) is 0 Å². The first-order chi connectivity index (χ1) is 9.34. The van der Waals surface area contributed by atoms with Crippen LogP contribution in [0, 0.1) is 12.7 Å². The number of benzene rings is 2. The van der Waals surface area contributed by atoms with Gasteiger partial charge in [0.15, 0.2) is 9.84 Å². The molecular weight excluding hydrogens is 277 g/mol. The minimum atomic E-state index is -3.36. The highest BCUT2D eigenvalue weighted by Gasteiger charge is 2.14. The molecule has 0 heterocycles. The van der Waals surface area contributed by atoms with Crippen LogP contribution in [0.3, 0.4) is 0 Å². The molecule has 0 atom stereocenters. The molecule has 106 valence electrons. The van der Waals surface area contributed by atoms with E-state index in [1.165, 1.54) is 12.1 Å². The number of nitrogen functional groups attached to an aromatic ring is 1. The molecule has 2 rings (SSSR count). The van der Waals surface area contributed by atoms with Crippen molar-refractivity contribution in [3.63, 3.8) is 0 Å². The third-order valence-electron chi connectivity index (χ3n) is 2.84. The maximum absolute atomic E-state index is 13.2. The second-order valence-corrected chi connectivity index (χ2v) is 6.98. The summed E-state index contributed by atoms with van der Waals surface area (Å²) in [5.74, 6) is -0.806. The topological polar surface area (TPSA) is 60.2 Å². The Balaban J connectivity index is 2.19. The van der Waals surface area contributed by atoms with Crippen molar-refractivity contribution in [1.82, 2.24) is 0 Å². The Kier molecular flexibility index (Phi) is 4.09. The van der Waals surface area contributed by atoms with E-state index in [0.29, 0.717) is 5.56 Å². The van der Waals surface area contributed by atoms with Gasteiger partial charge >= 0.3 is 0 Å². The predicted molar refractivity (Wildman–Crippen MR) is 78.3 cm³/mol. The van der Waals surface area contributed by atoms with Crippen LogP contribution in [0.4, 0.5) is 10.1 Å². The van der Waals surface area contributed by atoms with E-state index in [1.807, 2.05) is 25.1 Å². The number of aryl methyl sites for hydroxylation is 1. The summed E-state index contributed by atoms with van der Waals surface area (Å²) in [4.78, 5) is 0. The van der Waals surface area contributed by atoms with E-state index in [1.54, 1.807) is 6.07 Å². The van der Waals surface area contributed by atoms with Crippen LogP contribution in [-0.2, 0) is 21.3 Å². The number of rotatable bonds is 4. The van der Waals surface area contributed by atoms with Gasteiger partial charge in [-0.2, -0.15) is 0 Å². The van der Waals surface area contributed by atoms with Crippen molar-refractivity contribution >= 4 is 15.5 Å². The van der Waals surface area contributed by atoms with Gasteiger partial charge in [0.05, 0.1) is 11.5 Å². The van der Waals surface area contributed by atoms with Crippen LogP contribution in [0.5, 0.6) is 0 Å². The number of sulfone groups is 1. The van der Waals surface area contributed by atoms with E-state index in [9.17, 15) is 12.8 Å².